The lowest BCUT2D eigenvalue weighted by molar-refractivity contribution is -0.121. The van der Waals surface area contributed by atoms with E-state index in [2.05, 4.69) is 5.32 Å². The molecule has 21 heavy (non-hydrogen) atoms. The molecular weight excluding hydrogens is 272 g/mol. The average molecular weight is 292 g/mol. The largest absolute Gasteiger partial charge is 0.465 e. The van der Waals surface area contributed by atoms with Crippen molar-refractivity contribution >= 4 is 23.5 Å². The Bertz CT molecular complexity index is 528. The Morgan fingerprint density at radius 1 is 1.24 bits per heavy atom. The molecule has 0 aromatic heterocycles. The van der Waals surface area contributed by atoms with Crippen LogP contribution in [0.1, 0.15) is 30.6 Å². The number of carbonyl (C=O) groups is 3. The van der Waals surface area contributed by atoms with E-state index >= 15 is 0 Å². The number of hydrogen-bond acceptors (Lipinski definition) is 4. The molecule has 0 fully saturated rings. The number of amides is 2. The molecular formula is C15H20N2O4. The quantitative estimate of drug-likeness (QED) is 0.803. The third-order valence-electron chi connectivity index (χ3n) is 2.96. The smallest absolute Gasteiger partial charge is 0.339 e. The number of esters is 1. The summed E-state index contributed by atoms with van der Waals surface area (Å²) in [4.78, 5) is 36.3. The van der Waals surface area contributed by atoms with Gasteiger partial charge in [0.2, 0.25) is 11.8 Å². The molecule has 1 aromatic rings. The number of carbonyl (C=O) groups excluding carboxylic acids is 3. The van der Waals surface area contributed by atoms with Crippen LogP contribution in [0.2, 0.25) is 0 Å². The van der Waals surface area contributed by atoms with E-state index < -0.39 is 5.97 Å². The second-order valence-corrected chi connectivity index (χ2v) is 4.38. The number of benzene rings is 1. The molecule has 0 aliphatic carbocycles. The number of para-hydroxylation sites is 1. The summed E-state index contributed by atoms with van der Waals surface area (Å²) in [6.45, 7) is 3.77. The zero-order chi connectivity index (χ0) is 15.8. The Morgan fingerprint density at radius 2 is 1.90 bits per heavy atom. The lowest BCUT2D eigenvalue weighted by atomic mass is 10.1. The van der Waals surface area contributed by atoms with E-state index in [0.29, 0.717) is 24.2 Å². The van der Waals surface area contributed by atoms with Crippen molar-refractivity contribution < 1.29 is 19.1 Å². The fourth-order valence-corrected chi connectivity index (χ4v) is 1.87. The molecule has 0 heterocycles. The molecule has 0 radical (unpaired) electrons. The van der Waals surface area contributed by atoms with E-state index in [4.69, 9.17) is 4.74 Å². The number of anilines is 1. The summed E-state index contributed by atoms with van der Waals surface area (Å²) in [6, 6.07) is 6.71. The molecule has 1 N–H and O–H groups in total. The molecule has 0 atom stereocenters. The first kappa shape index (κ1) is 16.7. The second-order valence-electron chi connectivity index (χ2n) is 4.38. The molecule has 1 rings (SSSR count). The molecule has 0 bridgehead atoms. The summed E-state index contributed by atoms with van der Waals surface area (Å²) in [5.74, 6) is -0.800. The maximum absolute atomic E-state index is 11.8. The van der Waals surface area contributed by atoms with Crippen molar-refractivity contribution in [1.29, 1.82) is 0 Å². The minimum absolute atomic E-state index is 0.0836. The monoisotopic (exact) mass is 292 g/mol. The first-order valence-corrected chi connectivity index (χ1v) is 6.73. The van der Waals surface area contributed by atoms with Crippen LogP contribution in [0.4, 0.5) is 5.69 Å². The van der Waals surface area contributed by atoms with Gasteiger partial charge in [-0.05, 0) is 12.1 Å². The molecule has 0 saturated heterocycles. The predicted octanol–water partition coefficient (Wildman–Crippen LogP) is 1.35. The van der Waals surface area contributed by atoms with Crippen molar-refractivity contribution in [3.05, 3.63) is 29.8 Å². The molecule has 114 valence electrons. The third kappa shape index (κ3) is 4.59. The number of methoxy groups -OCH3 is 1. The van der Waals surface area contributed by atoms with E-state index in [1.807, 2.05) is 0 Å². The Hall–Kier alpha value is -2.37. The molecule has 0 unspecified atom stereocenters. The fraction of sp³-hybridized carbons (Fsp3) is 0.400. The van der Waals surface area contributed by atoms with Crippen molar-refractivity contribution in [3.8, 4) is 0 Å². The van der Waals surface area contributed by atoms with E-state index in [1.54, 1.807) is 31.2 Å². The molecule has 2 amide bonds. The van der Waals surface area contributed by atoms with Gasteiger partial charge in [-0.1, -0.05) is 19.1 Å². The van der Waals surface area contributed by atoms with Gasteiger partial charge >= 0.3 is 5.97 Å². The maximum atomic E-state index is 11.8. The lowest BCUT2D eigenvalue weighted by Crippen LogP contribution is -2.38. The first-order valence-electron chi connectivity index (χ1n) is 6.73. The van der Waals surface area contributed by atoms with Crippen molar-refractivity contribution in [2.24, 2.45) is 0 Å². The molecule has 0 aliphatic heterocycles. The summed E-state index contributed by atoms with van der Waals surface area (Å²) in [5.41, 5.74) is 0.791. The van der Waals surface area contributed by atoms with Gasteiger partial charge in [0.05, 0.1) is 18.4 Å². The van der Waals surface area contributed by atoms with Crippen LogP contribution >= 0.6 is 0 Å². The van der Waals surface area contributed by atoms with Gasteiger partial charge < -0.3 is 15.0 Å². The zero-order valence-electron chi connectivity index (χ0n) is 12.5. The van der Waals surface area contributed by atoms with Gasteiger partial charge in [0, 0.05) is 26.4 Å². The normalized spacial score (nSPS) is 9.86. The van der Waals surface area contributed by atoms with Gasteiger partial charge in [-0.25, -0.2) is 4.79 Å². The van der Waals surface area contributed by atoms with Crippen molar-refractivity contribution in [2.45, 2.75) is 20.3 Å². The highest BCUT2D eigenvalue weighted by Gasteiger charge is 2.19. The van der Waals surface area contributed by atoms with Crippen LogP contribution in [-0.2, 0) is 14.3 Å². The molecule has 0 spiro atoms. The maximum Gasteiger partial charge on any atom is 0.339 e. The highest BCUT2D eigenvalue weighted by Crippen LogP contribution is 2.21. The summed E-state index contributed by atoms with van der Waals surface area (Å²) >= 11 is 0. The van der Waals surface area contributed by atoms with E-state index in [1.165, 1.54) is 18.9 Å². The van der Waals surface area contributed by atoms with Gasteiger partial charge in [0.15, 0.2) is 0 Å². The summed E-state index contributed by atoms with van der Waals surface area (Å²) in [5, 5.41) is 2.70. The van der Waals surface area contributed by atoms with Gasteiger partial charge in [0.1, 0.15) is 0 Å². The van der Waals surface area contributed by atoms with Crippen LogP contribution in [-0.4, -0.2) is 38.0 Å². The lowest BCUT2D eigenvalue weighted by Gasteiger charge is -2.23. The zero-order valence-corrected chi connectivity index (χ0v) is 12.5. The van der Waals surface area contributed by atoms with Gasteiger partial charge in [-0.3, -0.25) is 9.59 Å². The Morgan fingerprint density at radius 3 is 2.48 bits per heavy atom. The van der Waals surface area contributed by atoms with Gasteiger partial charge in [-0.15, -0.1) is 0 Å². The average Bonchev–Trinajstić information content (AvgIpc) is 2.50. The van der Waals surface area contributed by atoms with E-state index in [9.17, 15) is 14.4 Å². The minimum Gasteiger partial charge on any atom is -0.465 e. The van der Waals surface area contributed by atoms with Gasteiger partial charge in [0.25, 0.3) is 0 Å². The highest BCUT2D eigenvalue weighted by molar-refractivity contribution is 6.01. The number of ether oxygens (including phenoxy) is 1. The van der Waals surface area contributed by atoms with Crippen LogP contribution in [0.3, 0.4) is 0 Å². The molecule has 1 aromatic carbocycles. The Labute approximate surface area is 124 Å². The molecule has 0 saturated carbocycles. The van der Waals surface area contributed by atoms with Crippen molar-refractivity contribution in [2.75, 3.05) is 25.1 Å². The van der Waals surface area contributed by atoms with Crippen molar-refractivity contribution in [1.82, 2.24) is 5.32 Å². The topological polar surface area (TPSA) is 75.7 Å². The number of hydrogen-bond donors (Lipinski definition) is 1. The first-order chi connectivity index (χ1) is 10.0. The van der Waals surface area contributed by atoms with E-state index in [0.717, 1.165) is 0 Å². The second kappa shape index (κ2) is 8.04. The molecule has 6 nitrogen and oxygen atoms in total. The Kier molecular flexibility index (Phi) is 6.39. The van der Waals surface area contributed by atoms with Gasteiger partial charge in [-0.2, -0.15) is 0 Å². The van der Waals surface area contributed by atoms with Crippen molar-refractivity contribution in [3.63, 3.8) is 0 Å². The Balaban J connectivity index is 2.93. The van der Waals surface area contributed by atoms with Crippen LogP contribution in [0, 0.1) is 0 Å². The summed E-state index contributed by atoms with van der Waals surface area (Å²) in [7, 11) is 1.29. The van der Waals surface area contributed by atoms with Crippen LogP contribution in [0.5, 0.6) is 0 Å². The number of nitrogens with one attached hydrogen (secondary N) is 1. The highest BCUT2D eigenvalue weighted by atomic mass is 16.5. The molecule has 0 aliphatic rings. The van der Waals surface area contributed by atoms with Crippen LogP contribution in [0.15, 0.2) is 24.3 Å². The predicted molar refractivity (Wildman–Crippen MR) is 79.1 cm³/mol. The minimum atomic E-state index is -0.505. The number of nitrogens with zero attached hydrogens (tertiary/aromatic N) is 1. The van der Waals surface area contributed by atoms with Crippen LogP contribution < -0.4 is 10.2 Å². The summed E-state index contributed by atoms with van der Waals surface area (Å²) < 4.78 is 4.72. The third-order valence-corrected chi connectivity index (χ3v) is 2.96. The SMILES string of the molecule is CCC(=O)NCCN(C(C)=O)c1ccccc1C(=O)OC. The summed E-state index contributed by atoms with van der Waals surface area (Å²) in [6.07, 6.45) is 0.388. The molecule has 6 heteroatoms. The van der Waals surface area contributed by atoms with E-state index in [-0.39, 0.29) is 18.4 Å². The van der Waals surface area contributed by atoms with Crippen LogP contribution in [0.25, 0.3) is 0 Å². The standard InChI is InChI=1S/C15H20N2O4/c1-4-14(19)16-9-10-17(11(2)18)13-8-6-5-7-12(13)15(20)21-3/h5-8H,4,9-10H2,1-3H3,(H,16,19). The fourth-order valence-electron chi connectivity index (χ4n) is 1.87. The number of rotatable bonds is 6.